The van der Waals surface area contributed by atoms with Crippen molar-refractivity contribution in [2.45, 2.75) is 19.0 Å². The van der Waals surface area contributed by atoms with Gasteiger partial charge in [-0.3, -0.25) is 4.79 Å². The minimum atomic E-state index is -0.358. The summed E-state index contributed by atoms with van der Waals surface area (Å²) in [4.78, 5) is 17.6. The van der Waals surface area contributed by atoms with Crippen LogP contribution in [-0.2, 0) is 13.0 Å². The number of aromatic nitrogens is 2. The first-order valence-corrected chi connectivity index (χ1v) is 9.73. The Morgan fingerprint density at radius 1 is 1.23 bits per heavy atom. The summed E-state index contributed by atoms with van der Waals surface area (Å²) in [6.07, 6.45) is 3.89. The van der Waals surface area contributed by atoms with Gasteiger partial charge in [-0.2, -0.15) is 0 Å². The minimum absolute atomic E-state index is 0.265. The zero-order chi connectivity index (χ0) is 20.9. The van der Waals surface area contributed by atoms with E-state index in [1.54, 1.807) is 19.2 Å². The summed E-state index contributed by atoms with van der Waals surface area (Å²) in [5.74, 6) is 1.48. The second-order valence-electron chi connectivity index (χ2n) is 6.92. The molecule has 0 aliphatic carbocycles. The molecule has 4 rings (SSSR count). The molecule has 0 spiro atoms. The molecule has 1 atom stereocenters. The first-order chi connectivity index (χ1) is 14.7. The maximum atomic E-state index is 12.8. The van der Waals surface area contributed by atoms with E-state index in [0.29, 0.717) is 13.0 Å². The molecule has 30 heavy (non-hydrogen) atoms. The maximum Gasteiger partial charge on any atom is 0.287 e. The van der Waals surface area contributed by atoms with Crippen LogP contribution in [0.4, 0.5) is 0 Å². The van der Waals surface area contributed by atoms with Crippen molar-refractivity contribution in [3.05, 3.63) is 96.7 Å². The lowest BCUT2D eigenvalue weighted by Gasteiger charge is -2.19. The molecule has 6 heteroatoms. The largest absolute Gasteiger partial charge is 0.497 e. The summed E-state index contributed by atoms with van der Waals surface area (Å²) in [6.45, 7) is 4.45. The predicted octanol–water partition coefficient (Wildman–Crippen LogP) is 4.54. The van der Waals surface area contributed by atoms with Crippen molar-refractivity contribution in [3.63, 3.8) is 0 Å². The first-order valence-electron chi connectivity index (χ1n) is 9.73. The molecular weight excluding hydrogens is 378 g/mol. The van der Waals surface area contributed by atoms with E-state index in [1.807, 2.05) is 54.6 Å². The molecule has 0 saturated carbocycles. The Balaban J connectivity index is 1.78. The Kier molecular flexibility index (Phi) is 5.66. The smallest absolute Gasteiger partial charge is 0.287 e. The highest BCUT2D eigenvalue weighted by atomic mass is 16.5. The molecule has 2 heterocycles. The SMILES string of the molecule is C=CCn1c(C(Cc2ccccc2)NC(=O)c2ccco2)nc2ccc(OC)cc21. The average Bonchev–Trinajstić information content (AvgIpc) is 3.43. The van der Waals surface area contributed by atoms with Gasteiger partial charge >= 0.3 is 0 Å². The fraction of sp³-hybridized carbons (Fsp3) is 0.167. The number of nitrogens with one attached hydrogen (secondary N) is 1. The van der Waals surface area contributed by atoms with Crippen molar-refractivity contribution in [1.29, 1.82) is 0 Å². The highest BCUT2D eigenvalue weighted by Gasteiger charge is 2.24. The van der Waals surface area contributed by atoms with E-state index in [1.165, 1.54) is 6.26 Å². The van der Waals surface area contributed by atoms with E-state index in [2.05, 4.69) is 16.5 Å². The molecule has 1 unspecified atom stereocenters. The van der Waals surface area contributed by atoms with Gasteiger partial charge in [-0.1, -0.05) is 36.4 Å². The number of rotatable bonds is 8. The molecule has 0 fully saturated rings. The third-order valence-electron chi connectivity index (χ3n) is 4.94. The molecule has 0 aliphatic heterocycles. The van der Waals surface area contributed by atoms with Crippen LogP contribution in [0.3, 0.4) is 0 Å². The van der Waals surface area contributed by atoms with E-state index in [-0.39, 0.29) is 17.7 Å². The van der Waals surface area contributed by atoms with Gasteiger partial charge in [-0.05, 0) is 36.2 Å². The van der Waals surface area contributed by atoms with Gasteiger partial charge in [0, 0.05) is 12.6 Å². The van der Waals surface area contributed by atoms with Crippen LogP contribution < -0.4 is 10.1 Å². The zero-order valence-corrected chi connectivity index (χ0v) is 16.7. The van der Waals surface area contributed by atoms with E-state index in [4.69, 9.17) is 14.1 Å². The Morgan fingerprint density at radius 2 is 2.07 bits per heavy atom. The van der Waals surface area contributed by atoms with E-state index in [9.17, 15) is 4.79 Å². The molecule has 6 nitrogen and oxygen atoms in total. The summed E-state index contributed by atoms with van der Waals surface area (Å²) in [6, 6.07) is 18.7. The van der Waals surface area contributed by atoms with Gasteiger partial charge in [0.15, 0.2) is 5.76 Å². The number of nitrogens with zero attached hydrogens (tertiary/aromatic N) is 2. The number of furan rings is 1. The molecule has 152 valence electrons. The number of benzene rings is 2. The lowest BCUT2D eigenvalue weighted by atomic mass is 10.0. The molecule has 1 N–H and O–H groups in total. The van der Waals surface area contributed by atoms with Crippen LogP contribution in [0.25, 0.3) is 11.0 Å². The number of hydrogen-bond acceptors (Lipinski definition) is 4. The van der Waals surface area contributed by atoms with Crippen LogP contribution in [0.1, 0.15) is 28.0 Å². The van der Waals surface area contributed by atoms with Crippen molar-refractivity contribution in [1.82, 2.24) is 14.9 Å². The van der Waals surface area contributed by atoms with Crippen molar-refractivity contribution in [3.8, 4) is 5.75 Å². The van der Waals surface area contributed by atoms with Crippen LogP contribution >= 0.6 is 0 Å². The van der Waals surface area contributed by atoms with Crippen LogP contribution in [-0.4, -0.2) is 22.6 Å². The fourth-order valence-corrected chi connectivity index (χ4v) is 3.53. The lowest BCUT2D eigenvalue weighted by molar-refractivity contribution is 0.0906. The zero-order valence-electron chi connectivity index (χ0n) is 16.7. The van der Waals surface area contributed by atoms with Gasteiger partial charge in [0.1, 0.15) is 11.6 Å². The minimum Gasteiger partial charge on any atom is -0.497 e. The normalized spacial score (nSPS) is 11.9. The third kappa shape index (κ3) is 3.98. The standard InChI is InChI=1S/C24H23N3O3/c1-3-13-27-21-16-18(29-2)11-12-19(21)25-23(27)20(15-17-8-5-4-6-9-17)26-24(28)22-10-7-14-30-22/h3-12,14,16,20H,1,13,15H2,2H3,(H,26,28). The average molecular weight is 401 g/mol. The number of methoxy groups -OCH3 is 1. The number of hydrogen-bond donors (Lipinski definition) is 1. The highest BCUT2D eigenvalue weighted by molar-refractivity contribution is 5.91. The second kappa shape index (κ2) is 8.69. The quantitative estimate of drug-likeness (QED) is 0.440. The first kappa shape index (κ1) is 19.5. The number of fused-ring (bicyclic) bond motifs is 1. The van der Waals surface area contributed by atoms with E-state index >= 15 is 0 Å². The van der Waals surface area contributed by atoms with E-state index in [0.717, 1.165) is 28.2 Å². The lowest BCUT2D eigenvalue weighted by Crippen LogP contribution is -2.31. The topological polar surface area (TPSA) is 69.3 Å². The number of carbonyl (C=O) groups is 1. The van der Waals surface area contributed by atoms with Crippen molar-refractivity contribution in [2.75, 3.05) is 7.11 Å². The van der Waals surface area contributed by atoms with Gasteiger partial charge in [0.05, 0.1) is 30.4 Å². The highest BCUT2D eigenvalue weighted by Crippen LogP contribution is 2.27. The molecule has 2 aromatic heterocycles. The van der Waals surface area contributed by atoms with Gasteiger partial charge in [0.25, 0.3) is 5.91 Å². The van der Waals surface area contributed by atoms with Crippen molar-refractivity contribution in [2.24, 2.45) is 0 Å². The third-order valence-corrected chi connectivity index (χ3v) is 4.94. The number of ether oxygens (including phenoxy) is 1. The summed E-state index contributed by atoms with van der Waals surface area (Å²) in [7, 11) is 1.64. The summed E-state index contributed by atoms with van der Waals surface area (Å²) >= 11 is 0. The Hall–Kier alpha value is -3.80. The van der Waals surface area contributed by atoms with Crippen LogP contribution in [0, 0.1) is 0 Å². The fourth-order valence-electron chi connectivity index (χ4n) is 3.53. The molecule has 0 bridgehead atoms. The molecule has 0 radical (unpaired) electrons. The summed E-state index contributed by atoms with van der Waals surface area (Å²) < 4.78 is 12.7. The molecule has 1 amide bonds. The molecule has 0 aliphatic rings. The number of amides is 1. The maximum absolute atomic E-state index is 12.8. The van der Waals surface area contributed by atoms with E-state index < -0.39 is 0 Å². The van der Waals surface area contributed by atoms with Gasteiger partial charge in [-0.25, -0.2) is 4.98 Å². The summed E-state index contributed by atoms with van der Waals surface area (Å²) in [5, 5.41) is 3.09. The molecular formula is C24H23N3O3. The van der Waals surface area contributed by atoms with Gasteiger partial charge < -0.3 is 19.0 Å². The Bertz CT molecular complexity index is 1150. The van der Waals surface area contributed by atoms with Crippen molar-refractivity contribution < 1.29 is 13.9 Å². The van der Waals surface area contributed by atoms with Crippen molar-refractivity contribution >= 4 is 16.9 Å². The number of allylic oxidation sites excluding steroid dienone is 1. The Labute approximate surface area is 174 Å². The van der Waals surface area contributed by atoms with Crippen LogP contribution in [0.15, 0.2) is 84.0 Å². The van der Waals surface area contributed by atoms with Gasteiger partial charge in [-0.15, -0.1) is 6.58 Å². The number of carbonyl (C=O) groups excluding carboxylic acids is 1. The van der Waals surface area contributed by atoms with Crippen LogP contribution in [0.2, 0.25) is 0 Å². The molecule has 2 aromatic carbocycles. The molecule has 0 saturated heterocycles. The number of imidazole rings is 1. The molecule has 4 aromatic rings. The monoisotopic (exact) mass is 401 g/mol. The van der Waals surface area contributed by atoms with Crippen LogP contribution in [0.5, 0.6) is 5.75 Å². The summed E-state index contributed by atoms with van der Waals surface area (Å²) in [5.41, 5.74) is 2.85. The Morgan fingerprint density at radius 3 is 2.77 bits per heavy atom. The second-order valence-corrected chi connectivity index (χ2v) is 6.92. The predicted molar refractivity (Wildman–Crippen MR) is 116 cm³/mol. The van der Waals surface area contributed by atoms with Gasteiger partial charge in [0.2, 0.25) is 0 Å².